The maximum atomic E-state index is 6.03. The summed E-state index contributed by atoms with van der Waals surface area (Å²) in [6.45, 7) is 8.55. The largest absolute Gasteiger partial charge is 0.315 e. The number of nitrogens with one attached hydrogen (secondary N) is 1. The quantitative estimate of drug-likeness (QED) is 0.486. The van der Waals surface area contributed by atoms with Crippen LogP contribution in [-0.2, 0) is 0 Å². The Labute approximate surface area is 75.5 Å². The molecule has 0 aromatic rings. The van der Waals surface area contributed by atoms with E-state index in [1.54, 1.807) is 0 Å². The maximum absolute atomic E-state index is 6.03. The van der Waals surface area contributed by atoms with Crippen molar-refractivity contribution < 1.29 is 0 Å². The van der Waals surface area contributed by atoms with Crippen LogP contribution in [0.5, 0.6) is 0 Å². The highest BCUT2D eigenvalue weighted by molar-refractivity contribution is 6.20. The van der Waals surface area contributed by atoms with Gasteiger partial charge in [-0.25, -0.2) is 0 Å². The van der Waals surface area contributed by atoms with Crippen LogP contribution in [0.2, 0.25) is 0 Å². The summed E-state index contributed by atoms with van der Waals surface area (Å²) in [7, 11) is 0. The van der Waals surface area contributed by atoms with Gasteiger partial charge in [-0.3, -0.25) is 0 Å². The molecule has 68 valence electrons. The summed E-state index contributed by atoms with van der Waals surface area (Å²) in [4.78, 5) is 0. The highest BCUT2D eigenvalue weighted by Crippen LogP contribution is 2.07. The van der Waals surface area contributed by atoms with Crippen molar-refractivity contribution in [2.75, 3.05) is 13.1 Å². The van der Waals surface area contributed by atoms with Crippen molar-refractivity contribution in [3.05, 3.63) is 0 Å². The predicted molar refractivity (Wildman–Crippen MR) is 52.3 cm³/mol. The lowest BCUT2D eigenvalue weighted by atomic mass is 10.1. The van der Waals surface area contributed by atoms with Gasteiger partial charge in [0, 0.05) is 11.9 Å². The van der Waals surface area contributed by atoms with Gasteiger partial charge in [-0.15, -0.1) is 11.6 Å². The van der Waals surface area contributed by atoms with Crippen LogP contribution in [0.15, 0.2) is 0 Å². The van der Waals surface area contributed by atoms with Crippen LogP contribution in [0.3, 0.4) is 0 Å². The zero-order valence-corrected chi connectivity index (χ0v) is 8.62. The zero-order valence-electron chi connectivity index (χ0n) is 7.86. The molecule has 1 atom stereocenters. The number of halogens is 1. The summed E-state index contributed by atoms with van der Waals surface area (Å²) >= 11 is 6.03. The third kappa shape index (κ3) is 6.64. The molecular weight excluding hydrogens is 158 g/mol. The Morgan fingerprint density at radius 1 is 1.36 bits per heavy atom. The first-order chi connectivity index (χ1) is 5.18. The molecule has 1 nitrogen and oxygen atoms in total. The predicted octanol–water partition coefficient (Wildman–Crippen LogP) is 2.64. The van der Waals surface area contributed by atoms with E-state index in [1.165, 1.54) is 12.8 Å². The van der Waals surface area contributed by atoms with E-state index in [2.05, 4.69) is 26.1 Å². The van der Waals surface area contributed by atoms with E-state index in [-0.39, 0.29) is 5.38 Å². The van der Waals surface area contributed by atoms with Crippen LogP contribution in [0, 0.1) is 5.92 Å². The van der Waals surface area contributed by atoms with Crippen molar-refractivity contribution in [1.82, 2.24) is 5.32 Å². The molecule has 0 rings (SSSR count). The van der Waals surface area contributed by atoms with Crippen LogP contribution in [-0.4, -0.2) is 18.5 Å². The Hall–Kier alpha value is 0.250. The molecule has 2 heteroatoms. The molecular formula is C9H20ClN. The van der Waals surface area contributed by atoms with Gasteiger partial charge in [-0.1, -0.05) is 27.2 Å². The fraction of sp³-hybridized carbons (Fsp3) is 1.00. The Morgan fingerprint density at radius 2 is 2.00 bits per heavy atom. The normalized spacial score (nSPS) is 13.9. The van der Waals surface area contributed by atoms with E-state index in [0.717, 1.165) is 13.1 Å². The monoisotopic (exact) mass is 177 g/mol. The van der Waals surface area contributed by atoms with Gasteiger partial charge in [-0.2, -0.15) is 0 Å². The Bertz CT molecular complexity index is 83.6. The number of hydrogen-bond acceptors (Lipinski definition) is 1. The molecule has 1 unspecified atom stereocenters. The van der Waals surface area contributed by atoms with Gasteiger partial charge < -0.3 is 5.32 Å². The van der Waals surface area contributed by atoms with Gasteiger partial charge in [0.2, 0.25) is 0 Å². The van der Waals surface area contributed by atoms with E-state index in [1.807, 2.05) is 0 Å². The SMILES string of the molecule is CCCCNCC(Cl)C(C)C. The third-order valence-corrected chi connectivity index (χ3v) is 2.43. The van der Waals surface area contributed by atoms with Crippen molar-refractivity contribution in [3.8, 4) is 0 Å². The molecule has 1 N–H and O–H groups in total. The first-order valence-corrected chi connectivity index (χ1v) is 4.97. The van der Waals surface area contributed by atoms with E-state index in [9.17, 15) is 0 Å². The molecule has 0 bridgehead atoms. The lowest BCUT2D eigenvalue weighted by molar-refractivity contribution is 0.538. The van der Waals surface area contributed by atoms with Crippen LogP contribution in [0.25, 0.3) is 0 Å². The number of alkyl halides is 1. The standard InChI is InChI=1S/C9H20ClN/c1-4-5-6-11-7-9(10)8(2)3/h8-9,11H,4-7H2,1-3H3. The van der Waals surface area contributed by atoms with Crippen LogP contribution in [0.4, 0.5) is 0 Å². The fourth-order valence-electron chi connectivity index (χ4n) is 0.777. The zero-order chi connectivity index (χ0) is 8.69. The average molecular weight is 178 g/mol. The van der Waals surface area contributed by atoms with Crippen LogP contribution >= 0.6 is 11.6 Å². The molecule has 0 aromatic heterocycles. The highest BCUT2D eigenvalue weighted by atomic mass is 35.5. The van der Waals surface area contributed by atoms with Gasteiger partial charge in [0.05, 0.1) is 0 Å². The topological polar surface area (TPSA) is 12.0 Å². The molecule has 0 fully saturated rings. The Balaban J connectivity index is 3.10. The molecule has 0 saturated heterocycles. The van der Waals surface area contributed by atoms with Gasteiger partial charge in [0.15, 0.2) is 0 Å². The van der Waals surface area contributed by atoms with E-state index >= 15 is 0 Å². The summed E-state index contributed by atoms with van der Waals surface area (Å²) in [5.41, 5.74) is 0. The fourth-order valence-corrected chi connectivity index (χ4v) is 0.887. The van der Waals surface area contributed by atoms with E-state index in [0.29, 0.717) is 5.92 Å². The average Bonchev–Trinajstić information content (AvgIpc) is 1.97. The lowest BCUT2D eigenvalue weighted by Gasteiger charge is -2.13. The molecule has 0 amide bonds. The summed E-state index contributed by atoms with van der Waals surface area (Å²) in [6, 6.07) is 0. The van der Waals surface area contributed by atoms with Gasteiger partial charge in [0.25, 0.3) is 0 Å². The first kappa shape index (κ1) is 11.2. The number of unbranched alkanes of at least 4 members (excludes halogenated alkanes) is 1. The van der Waals surface area contributed by atoms with Crippen molar-refractivity contribution in [3.63, 3.8) is 0 Å². The minimum Gasteiger partial charge on any atom is -0.315 e. The second kappa shape index (κ2) is 6.93. The number of rotatable bonds is 6. The smallest absolute Gasteiger partial charge is 0.0483 e. The minimum absolute atomic E-state index is 0.284. The second-order valence-electron chi connectivity index (χ2n) is 3.32. The molecule has 0 spiro atoms. The maximum Gasteiger partial charge on any atom is 0.0483 e. The van der Waals surface area contributed by atoms with Crippen molar-refractivity contribution >= 4 is 11.6 Å². The summed E-state index contributed by atoms with van der Waals surface area (Å²) in [6.07, 6.45) is 2.50. The number of hydrogen-bond donors (Lipinski definition) is 1. The van der Waals surface area contributed by atoms with Crippen molar-refractivity contribution in [1.29, 1.82) is 0 Å². The Morgan fingerprint density at radius 3 is 2.45 bits per heavy atom. The van der Waals surface area contributed by atoms with Gasteiger partial charge in [0.1, 0.15) is 0 Å². The van der Waals surface area contributed by atoms with E-state index < -0.39 is 0 Å². The molecule has 0 heterocycles. The van der Waals surface area contributed by atoms with Crippen LogP contribution in [0.1, 0.15) is 33.6 Å². The second-order valence-corrected chi connectivity index (χ2v) is 3.88. The molecule has 0 aliphatic carbocycles. The molecule has 0 aliphatic heterocycles. The van der Waals surface area contributed by atoms with Crippen molar-refractivity contribution in [2.45, 2.75) is 39.0 Å². The summed E-state index contributed by atoms with van der Waals surface area (Å²) < 4.78 is 0. The third-order valence-electron chi connectivity index (χ3n) is 1.77. The Kier molecular flexibility index (Phi) is 7.09. The summed E-state index contributed by atoms with van der Waals surface area (Å²) in [5, 5.41) is 3.62. The van der Waals surface area contributed by atoms with Crippen LogP contribution < -0.4 is 5.32 Å². The van der Waals surface area contributed by atoms with Gasteiger partial charge in [-0.05, 0) is 18.9 Å². The molecule has 0 aliphatic rings. The molecule has 0 saturated carbocycles. The van der Waals surface area contributed by atoms with Crippen molar-refractivity contribution in [2.24, 2.45) is 5.92 Å². The first-order valence-electron chi connectivity index (χ1n) is 4.53. The van der Waals surface area contributed by atoms with Gasteiger partial charge >= 0.3 is 0 Å². The molecule has 0 aromatic carbocycles. The van der Waals surface area contributed by atoms with E-state index in [4.69, 9.17) is 11.6 Å². The summed E-state index contributed by atoms with van der Waals surface area (Å²) in [5.74, 6) is 0.575. The molecule has 0 radical (unpaired) electrons. The lowest BCUT2D eigenvalue weighted by Crippen LogP contribution is -2.27. The minimum atomic E-state index is 0.284. The highest BCUT2D eigenvalue weighted by Gasteiger charge is 2.07. The molecule has 11 heavy (non-hydrogen) atoms.